The Morgan fingerprint density at radius 3 is 2.19 bits per heavy atom. The number of carboxylic acids is 1. The summed E-state index contributed by atoms with van der Waals surface area (Å²) in [5, 5.41) is 13.2. The van der Waals surface area contributed by atoms with E-state index in [-0.39, 0.29) is 5.82 Å². The molecule has 4 aromatic rings. The zero-order valence-corrected chi connectivity index (χ0v) is 24.5. The number of nitrogens with zero attached hydrogens (tertiary/aromatic N) is 1. The van der Waals surface area contributed by atoms with Gasteiger partial charge in [-0.15, -0.1) is 0 Å². The summed E-state index contributed by atoms with van der Waals surface area (Å²) in [6.07, 6.45) is 2.02. The van der Waals surface area contributed by atoms with Crippen LogP contribution >= 0.6 is 0 Å². The number of aryl methyl sites for hydroxylation is 1. The van der Waals surface area contributed by atoms with E-state index in [0.29, 0.717) is 50.3 Å². The molecule has 1 atom stereocenters. The smallest absolute Gasteiger partial charge is 0.324 e. The van der Waals surface area contributed by atoms with Crippen molar-refractivity contribution < 1.29 is 36.4 Å². The lowest BCUT2D eigenvalue weighted by Gasteiger charge is -2.30. The Morgan fingerprint density at radius 1 is 1.02 bits per heavy atom. The summed E-state index contributed by atoms with van der Waals surface area (Å²) in [5.41, 5.74) is 2.35. The van der Waals surface area contributed by atoms with Gasteiger partial charge in [0.1, 0.15) is 22.9 Å². The molecule has 3 aromatic carbocycles. The molecular weight excluding hydrogens is 563 g/mol. The highest BCUT2D eigenvalue weighted by atomic mass is 32.2. The molecule has 4 rings (SSSR count). The molecule has 224 valence electrons. The molecule has 1 aromatic heterocycles. The van der Waals surface area contributed by atoms with Crippen molar-refractivity contribution in [1.29, 1.82) is 0 Å². The first kappa shape index (κ1) is 32.5. The molecule has 0 saturated heterocycles. The van der Waals surface area contributed by atoms with Crippen LogP contribution in [0, 0.1) is 12.7 Å². The third kappa shape index (κ3) is 10.1. The van der Waals surface area contributed by atoms with Crippen LogP contribution in [0.15, 0.2) is 83.3 Å². The molecule has 0 amide bonds. The van der Waals surface area contributed by atoms with Gasteiger partial charge in [0.2, 0.25) is 5.89 Å². The molecule has 9 nitrogen and oxygen atoms in total. The summed E-state index contributed by atoms with van der Waals surface area (Å²) in [4.78, 5) is 16.8. The van der Waals surface area contributed by atoms with Crippen LogP contribution in [-0.2, 0) is 34.3 Å². The number of aliphatic carboxylic acids is 1. The summed E-state index contributed by atoms with van der Waals surface area (Å²) in [7, 11) is -3.67. The second kappa shape index (κ2) is 14.7. The molecule has 42 heavy (non-hydrogen) atoms. The minimum absolute atomic E-state index is 0.306. The number of halogens is 1. The molecule has 0 aliphatic heterocycles. The Bertz CT molecular complexity index is 1530. The first-order chi connectivity index (χ1) is 19.9. The standard InChI is InChI=1S/C30H31FN2O4.CH4O3S/c1-3-30(29(34)35,32-20-23-9-13-25(31)14-10-23)19-22-11-15-26(16-12-22)36-18-17-27-21(2)37-28(33-27)24-7-5-4-6-8-24;1-5(2,3)4/h4-16,32H,3,17-20H2,1-2H3,(H,34,35);1H3,(H,2,3,4)/t30-;/m0./s1. The fourth-order valence-corrected chi connectivity index (χ4v) is 4.17. The van der Waals surface area contributed by atoms with Gasteiger partial charge in [-0.1, -0.05) is 49.4 Å². The largest absolute Gasteiger partial charge is 0.493 e. The van der Waals surface area contributed by atoms with E-state index < -0.39 is 21.6 Å². The summed E-state index contributed by atoms with van der Waals surface area (Å²) in [5.74, 6) is 0.832. The summed E-state index contributed by atoms with van der Waals surface area (Å²) in [6, 6.07) is 23.3. The molecule has 0 spiro atoms. The lowest BCUT2D eigenvalue weighted by Crippen LogP contribution is -2.53. The summed E-state index contributed by atoms with van der Waals surface area (Å²) < 4.78 is 50.8. The molecule has 1 heterocycles. The second-order valence-electron chi connectivity index (χ2n) is 9.76. The van der Waals surface area contributed by atoms with Crippen molar-refractivity contribution in [3.8, 4) is 17.2 Å². The number of nitrogens with one attached hydrogen (secondary N) is 1. The van der Waals surface area contributed by atoms with Gasteiger partial charge >= 0.3 is 5.97 Å². The van der Waals surface area contributed by atoms with Crippen LogP contribution in [0.4, 0.5) is 4.39 Å². The topological polar surface area (TPSA) is 139 Å². The van der Waals surface area contributed by atoms with Crippen molar-refractivity contribution in [2.45, 2.75) is 45.2 Å². The van der Waals surface area contributed by atoms with Gasteiger partial charge < -0.3 is 14.3 Å². The number of rotatable bonds is 12. The van der Waals surface area contributed by atoms with Crippen molar-refractivity contribution in [1.82, 2.24) is 10.3 Å². The average Bonchev–Trinajstić information content (AvgIpc) is 3.32. The zero-order chi connectivity index (χ0) is 30.8. The van der Waals surface area contributed by atoms with Crippen molar-refractivity contribution >= 4 is 16.1 Å². The van der Waals surface area contributed by atoms with E-state index >= 15 is 0 Å². The average molecular weight is 599 g/mol. The fourth-order valence-electron chi connectivity index (χ4n) is 4.17. The van der Waals surface area contributed by atoms with E-state index in [1.54, 1.807) is 12.1 Å². The van der Waals surface area contributed by atoms with E-state index in [1.807, 2.05) is 68.4 Å². The molecule has 0 unspecified atom stereocenters. The van der Waals surface area contributed by atoms with Gasteiger partial charge in [-0.3, -0.25) is 14.7 Å². The van der Waals surface area contributed by atoms with Crippen LogP contribution in [0.25, 0.3) is 11.5 Å². The van der Waals surface area contributed by atoms with Crippen LogP contribution in [0.5, 0.6) is 5.75 Å². The minimum Gasteiger partial charge on any atom is -0.493 e. The molecular formula is C31H35FN2O7S. The van der Waals surface area contributed by atoms with Crippen molar-refractivity contribution in [3.05, 3.63) is 107 Å². The molecule has 3 N–H and O–H groups in total. The van der Waals surface area contributed by atoms with Gasteiger partial charge in [0.15, 0.2) is 0 Å². The Kier molecular flexibility index (Phi) is 11.4. The highest BCUT2D eigenvalue weighted by Gasteiger charge is 2.36. The maximum absolute atomic E-state index is 13.2. The zero-order valence-electron chi connectivity index (χ0n) is 23.7. The second-order valence-corrected chi connectivity index (χ2v) is 11.2. The van der Waals surface area contributed by atoms with Gasteiger partial charge in [-0.25, -0.2) is 9.37 Å². The Morgan fingerprint density at radius 2 is 1.62 bits per heavy atom. The number of hydrogen-bond acceptors (Lipinski definition) is 7. The lowest BCUT2D eigenvalue weighted by molar-refractivity contribution is -0.145. The molecule has 0 aliphatic carbocycles. The minimum atomic E-state index is -3.67. The van der Waals surface area contributed by atoms with Gasteiger partial charge in [-0.2, -0.15) is 8.42 Å². The summed E-state index contributed by atoms with van der Waals surface area (Å²) in [6.45, 7) is 4.51. The Hall–Kier alpha value is -4.06. The van der Waals surface area contributed by atoms with Crippen LogP contribution in [0.2, 0.25) is 0 Å². The third-order valence-corrected chi connectivity index (χ3v) is 6.51. The van der Waals surface area contributed by atoms with Crippen molar-refractivity contribution in [2.24, 2.45) is 0 Å². The predicted octanol–water partition coefficient (Wildman–Crippen LogP) is 5.48. The molecule has 0 aliphatic rings. The number of carbonyl (C=O) groups is 1. The molecule has 11 heteroatoms. The maximum atomic E-state index is 13.2. The molecule has 0 fully saturated rings. The van der Waals surface area contributed by atoms with Gasteiger partial charge in [0, 0.05) is 24.9 Å². The van der Waals surface area contributed by atoms with E-state index in [1.165, 1.54) is 12.1 Å². The number of benzene rings is 3. The fraction of sp³-hybridized carbons (Fsp3) is 0.290. The van der Waals surface area contributed by atoms with E-state index in [0.717, 1.165) is 28.1 Å². The maximum Gasteiger partial charge on any atom is 0.324 e. The lowest BCUT2D eigenvalue weighted by atomic mass is 9.87. The number of oxazole rings is 1. The normalized spacial score (nSPS) is 12.6. The van der Waals surface area contributed by atoms with Crippen molar-refractivity contribution in [3.63, 3.8) is 0 Å². The summed E-state index contributed by atoms with van der Waals surface area (Å²) >= 11 is 0. The van der Waals surface area contributed by atoms with Gasteiger partial charge in [0.05, 0.1) is 18.6 Å². The van der Waals surface area contributed by atoms with Crippen LogP contribution in [0.3, 0.4) is 0 Å². The molecule has 0 radical (unpaired) electrons. The van der Waals surface area contributed by atoms with Crippen LogP contribution < -0.4 is 10.1 Å². The van der Waals surface area contributed by atoms with Crippen LogP contribution in [-0.4, -0.2) is 47.4 Å². The van der Waals surface area contributed by atoms with Crippen LogP contribution in [0.1, 0.15) is 35.9 Å². The van der Waals surface area contributed by atoms with E-state index in [9.17, 15) is 22.7 Å². The first-order valence-corrected chi connectivity index (χ1v) is 15.1. The SMILES string of the molecule is CC[C@@](Cc1ccc(OCCc2nc(-c3ccccc3)oc2C)cc1)(NCc1ccc(F)cc1)C(=O)O.CS(=O)(=O)O. The number of carboxylic acid groups (broad SMARTS) is 1. The number of aromatic nitrogens is 1. The van der Waals surface area contributed by atoms with E-state index in [2.05, 4.69) is 10.3 Å². The monoisotopic (exact) mass is 598 g/mol. The Labute approximate surface area is 245 Å². The quantitative estimate of drug-likeness (QED) is 0.181. The van der Waals surface area contributed by atoms with E-state index in [4.69, 9.17) is 13.7 Å². The highest BCUT2D eigenvalue weighted by Crippen LogP contribution is 2.23. The van der Waals surface area contributed by atoms with Gasteiger partial charge in [0.25, 0.3) is 10.1 Å². The number of hydrogen-bond donors (Lipinski definition) is 3. The predicted molar refractivity (Wildman–Crippen MR) is 157 cm³/mol. The van der Waals surface area contributed by atoms with Crippen molar-refractivity contribution in [2.75, 3.05) is 12.9 Å². The third-order valence-electron chi connectivity index (χ3n) is 6.51. The molecule has 0 saturated carbocycles. The Balaban J connectivity index is 0.000000892. The number of ether oxygens (including phenoxy) is 1. The molecule has 0 bridgehead atoms. The van der Waals surface area contributed by atoms with Gasteiger partial charge in [-0.05, 0) is 60.9 Å². The first-order valence-electron chi connectivity index (χ1n) is 13.3. The highest BCUT2D eigenvalue weighted by molar-refractivity contribution is 7.85.